The summed E-state index contributed by atoms with van der Waals surface area (Å²) in [5, 5.41) is 2.95. The summed E-state index contributed by atoms with van der Waals surface area (Å²) in [6.45, 7) is 1.90. The number of rotatable bonds is 15. The Morgan fingerprint density at radius 3 is 2.22 bits per heavy atom. The number of likely N-dealkylation sites (N-methyl/N-ethyl adjacent to an activating group) is 1. The van der Waals surface area contributed by atoms with Crippen LogP contribution in [0.15, 0.2) is 0 Å². The first-order valence-electron chi connectivity index (χ1n) is 8.85. The van der Waals surface area contributed by atoms with Crippen LogP contribution in [0.2, 0.25) is 0 Å². The van der Waals surface area contributed by atoms with Crippen LogP contribution >= 0.6 is 12.6 Å². The van der Waals surface area contributed by atoms with Crippen LogP contribution in [0.5, 0.6) is 0 Å². The van der Waals surface area contributed by atoms with Gasteiger partial charge in [-0.15, -0.1) is 0 Å². The minimum absolute atomic E-state index is 0.144. The third kappa shape index (κ3) is 15.9. The highest BCUT2D eigenvalue weighted by atomic mass is 32.1. The van der Waals surface area contributed by atoms with Crippen LogP contribution in [-0.4, -0.2) is 51.4 Å². The van der Waals surface area contributed by atoms with Crippen molar-refractivity contribution in [1.82, 2.24) is 5.32 Å². The summed E-state index contributed by atoms with van der Waals surface area (Å²) in [4.78, 5) is 23.9. The summed E-state index contributed by atoms with van der Waals surface area (Å²) < 4.78 is 4.62. The van der Waals surface area contributed by atoms with Crippen LogP contribution in [0.4, 0.5) is 0 Å². The van der Waals surface area contributed by atoms with Crippen molar-refractivity contribution in [2.45, 2.75) is 57.8 Å². The van der Waals surface area contributed by atoms with Crippen molar-refractivity contribution < 1.29 is 19.2 Å². The number of ether oxygens (including phenoxy) is 1. The van der Waals surface area contributed by atoms with E-state index in [1.165, 1.54) is 39.2 Å². The zero-order valence-electron chi connectivity index (χ0n) is 14.9. The Morgan fingerprint density at radius 2 is 1.61 bits per heavy atom. The van der Waals surface area contributed by atoms with Crippen LogP contribution in [0.25, 0.3) is 0 Å². The minimum Gasteiger partial charge on any atom is -0.465 e. The number of methoxy groups -OCH3 is 1. The molecule has 0 aromatic heterocycles. The van der Waals surface area contributed by atoms with Crippen molar-refractivity contribution >= 4 is 24.5 Å². The Morgan fingerprint density at radius 1 is 1.00 bits per heavy atom. The predicted molar refractivity (Wildman–Crippen MR) is 97.1 cm³/mol. The maximum atomic E-state index is 11.7. The fourth-order valence-corrected chi connectivity index (χ4v) is 2.62. The van der Waals surface area contributed by atoms with Crippen molar-refractivity contribution in [3.8, 4) is 0 Å². The van der Waals surface area contributed by atoms with E-state index in [9.17, 15) is 9.59 Å². The van der Waals surface area contributed by atoms with Gasteiger partial charge in [0.25, 0.3) is 0 Å². The second kappa shape index (κ2) is 16.1. The predicted octanol–water partition coefficient (Wildman–Crippen LogP) is 1.23. The molecule has 0 bridgehead atoms. The van der Waals surface area contributed by atoms with Gasteiger partial charge < -0.3 is 15.0 Å². The molecule has 23 heavy (non-hydrogen) atoms. The molecule has 6 heteroatoms. The Kier molecular flexibility index (Phi) is 15.6. The van der Waals surface area contributed by atoms with Crippen molar-refractivity contribution in [2.24, 2.45) is 0 Å². The summed E-state index contributed by atoms with van der Waals surface area (Å²) in [6.07, 6.45) is 9.88. The molecule has 2 N–H and O–H groups in total. The van der Waals surface area contributed by atoms with Crippen molar-refractivity contribution in [1.29, 1.82) is 0 Å². The molecular weight excluding hydrogens is 312 g/mol. The zero-order chi connectivity index (χ0) is 17.3. The highest BCUT2D eigenvalue weighted by Crippen LogP contribution is 2.08. The lowest BCUT2D eigenvalue weighted by molar-refractivity contribution is -0.871. The van der Waals surface area contributed by atoms with Gasteiger partial charge in [-0.3, -0.25) is 4.79 Å². The first kappa shape index (κ1) is 22.2. The van der Waals surface area contributed by atoms with Crippen LogP contribution in [0.1, 0.15) is 57.8 Å². The molecule has 0 aliphatic rings. The first-order chi connectivity index (χ1) is 11.1. The van der Waals surface area contributed by atoms with Gasteiger partial charge >= 0.3 is 5.97 Å². The number of hydrogen-bond acceptors (Lipinski definition) is 4. The minimum atomic E-state index is -0.197. The van der Waals surface area contributed by atoms with E-state index in [1.807, 2.05) is 7.05 Å². The van der Waals surface area contributed by atoms with Gasteiger partial charge in [0.2, 0.25) is 5.91 Å². The topological polar surface area (TPSA) is 59.8 Å². The molecule has 0 fully saturated rings. The van der Waals surface area contributed by atoms with Crippen LogP contribution in [-0.2, 0) is 14.3 Å². The maximum Gasteiger partial charge on any atom is 0.361 e. The molecular formula is C17H35N2O3S+. The van der Waals surface area contributed by atoms with Crippen molar-refractivity contribution in [3.05, 3.63) is 0 Å². The van der Waals surface area contributed by atoms with Gasteiger partial charge in [-0.05, 0) is 18.6 Å². The third-order valence-electron chi connectivity index (χ3n) is 3.84. The number of unbranched alkanes of at least 4 members (excludes halogenated alkanes) is 6. The fourth-order valence-electron chi connectivity index (χ4n) is 2.39. The van der Waals surface area contributed by atoms with Gasteiger partial charge in [0, 0.05) is 19.4 Å². The highest BCUT2D eigenvalue weighted by Gasteiger charge is 2.09. The highest BCUT2D eigenvalue weighted by molar-refractivity contribution is 7.80. The van der Waals surface area contributed by atoms with E-state index >= 15 is 0 Å². The molecule has 0 aliphatic heterocycles. The molecule has 0 aromatic carbocycles. The SMILES string of the molecule is COC(=O)C[NH+](C)CCCNC(=O)CCCCCCCCCS. The van der Waals surface area contributed by atoms with Gasteiger partial charge in [0.15, 0.2) is 6.54 Å². The normalized spacial score (nSPS) is 12.0. The number of quaternary nitrogens is 1. The maximum absolute atomic E-state index is 11.7. The standard InChI is InChI=1S/C17H34N2O3S/c1-19(15-17(21)22-2)13-10-12-18-16(20)11-8-6-4-3-5-7-9-14-23/h23H,3-15H2,1-2H3,(H,18,20)/p+1. The Labute approximate surface area is 146 Å². The summed E-state index contributed by atoms with van der Waals surface area (Å²) in [6, 6.07) is 0. The molecule has 0 aliphatic carbocycles. The monoisotopic (exact) mass is 347 g/mol. The first-order valence-corrected chi connectivity index (χ1v) is 9.49. The second-order valence-corrected chi connectivity index (χ2v) is 6.56. The van der Waals surface area contributed by atoms with E-state index in [-0.39, 0.29) is 11.9 Å². The molecule has 0 heterocycles. The van der Waals surface area contributed by atoms with Gasteiger partial charge in [-0.1, -0.05) is 32.1 Å². The molecule has 1 unspecified atom stereocenters. The fraction of sp³-hybridized carbons (Fsp3) is 0.882. The van der Waals surface area contributed by atoms with Gasteiger partial charge in [0.1, 0.15) is 0 Å². The van der Waals surface area contributed by atoms with Gasteiger partial charge in [-0.2, -0.15) is 12.6 Å². The van der Waals surface area contributed by atoms with Crippen molar-refractivity contribution in [2.75, 3.05) is 39.5 Å². The molecule has 1 amide bonds. The average Bonchev–Trinajstić information content (AvgIpc) is 2.54. The molecule has 0 radical (unpaired) electrons. The number of carbonyl (C=O) groups is 2. The zero-order valence-corrected chi connectivity index (χ0v) is 15.8. The number of esters is 1. The third-order valence-corrected chi connectivity index (χ3v) is 4.15. The molecule has 1 atom stereocenters. The molecule has 0 spiro atoms. The van der Waals surface area contributed by atoms with E-state index in [0.29, 0.717) is 19.5 Å². The molecule has 0 saturated heterocycles. The number of amides is 1. The number of hydrogen-bond donors (Lipinski definition) is 3. The average molecular weight is 348 g/mol. The molecule has 0 rings (SSSR count). The quantitative estimate of drug-likeness (QED) is 0.237. The Bertz CT molecular complexity index is 314. The lowest BCUT2D eigenvalue weighted by Gasteiger charge is -2.12. The molecule has 5 nitrogen and oxygen atoms in total. The van der Waals surface area contributed by atoms with Crippen LogP contribution < -0.4 is 10.2 Å². The number of carbonyl (C=O) groups excluding carboxylic acids is 2. The lowest BCUT2D eigenvalue weighted by Crippen LogP contribution is -3.10. The van der Waals surface area contributed by atoms with Gasteiger partial charge in [-0.25, -0.2) is 4.79 Å². The smallest absolute Gasteiger partial charge is 0.361 e. The van der Waals surface area contributed by atoms with Crippen LogP contribution in [0, 0.1) is 0 Å². The van der Waals surface area contributed by atoms with Gasteiger partial charge in [0.05, 0.1) is 20.7 Å². The van der Waals surface area contributed by atoms with E-state index < -0.39 is 0 Å². The Balaban J connectivity index is 3.35. The molecule has 136 valence electrons. The van der Waals surface area contributed by atoms with E-state index in [2.05, 4.69) is 22.7 Å². The van der Waals surface area contributed by atoms with E-state index in [4.69, 9.17) is 0 Å². The summed E-state index contributed by atoms with van der Waals surface area (Å²) in [5.41, 5.74) is 0. The lowest BCUT2D eigenvalue weighted by atomic mass is 10.1. The number of nitrogens with one attached hydrogen (secondary N) is 2. The molecule has 0 aromatic rings. The van der Waals surface area contributed by atoms with E-state index in [1.54, 1.807) is 0 Å². The second-order valence-electron chi connectivity index (χ2n) is 6.11. The largest absolute Gasteiger partial charge is 0.465 e. The summed E-state index contributed by atoms with van der Waals surface area (Å²) in [7, 11) is 3.35. The Hall–Kier alpha value is -0.750. The summed E-state index contributed by atoms with van der Waals surface area (Å²) >= 11 is 4.20. The molecule has 0 saturated carbocycles. The summed E-state index contributed by atoms with van der Waals surface area (Å²) in [5.74, 6) is 0.933. The van der Waals surface area contributed by atoms with E-state index in [0.717, 1.165) is 36.5 Å². The van der Waals surface area contributed by atoms with Crippen molar-refractivity contribution in [3.63, 3.8) is 0 Å². The van der Waals surface area contributed by atoms with Crippen LogP contribution in [0.3, 0.4) is 0 Å². The number of thiol groups is 1.